The van der Waals surface area contributed by atoms with Gasteiger partial charge < -0.3 is 25.4 Å². The first kappa shape index (κ1) is 29.7. The molecule has 1 heterocycles. The number of benzene rings is 1. The maximum atomic E-state index is 14.9. The number of aliphatic hydroxyl groups is 1. The third kappa shape index (κ3) is 7.83. The molecule has 3 rings (SSSR count). The predicted molar refractivity (Wildman–Crippen MR) is 138 cm³/mol. The highest BCUT2D eigenvalue weighted by Gasteiger charge is 2.43. The molecule has 0 aromatic heterocycles. The van der Waals surface area contributed by atoms with Gasteiger partial charge >= 0.3 is 6.03 Å². The summed E-state index contributed by atoms with van der Waals surface area (Å²) in [7, 11) is 3.45. The monoisotopic (exact) mass is 527 g/mol. The lowest BCUT2D eigenvalue weighted by atomic mass is 9.74. The molecule has 0 radical (unpaired) electrons. The number of hydrogen-bond acceptors (Lipinski definition) is 4. The minimum Gasteiger partial charge on any atom is -0.385 e. The number of rotatable bonds is 12. The molecule has 1 aliphatic carbocycles. The fourth-order valence-electron chi connectivity index (χ4n) is 6.14. The molecule has 0 spiro atoms. The van der Waals surface area contributed by atoms with Crippen LogP contribution in [0.2, 0.25) is 0 Å². The molecule has 9 heteroatoms. The molecule has 2 amide bonds. The van der Waals surface area contributed by atoms with Gasteiger partial charge in [0, 0.05) is 50.9 Å². The zero-order chi connectivity index (χ0) is 26.8. The Morgan fingerprint density at radius 3 is 2.59 bits per heavy atom. The SMILES string of the molecule is CNC[C@H](CC1CCCCC1)NC(=O)N1CCC[C@@H]([C@@](O)(CCCCOC)c2ccc(F)c(F)c2F)C1. The zero-order valence-corrected chi connectivity index (χ0v) is 22.3. The lowest BCUT2D eigenvalue weighted by Crippen LogP contribution is -2.54. The van der Waals surface area contributed by atoms with Gasteiger partial charge in [0.2, 0.25) is 0 Å². The molecule has 1 aromatic carbocycles. The van der Waals surface area contributed by atoms with Crippen molar-refractivity contribution in [2.75, 3.05) is 40.4 Å². The first-order chi connectivity index (χ1) is 17.8. The van der Waals surface area contributed by atoms with E-state index in [1.165, 1.54) is 32.1 Å². The number of carbonyl (C=O) groups excluding carboxylic acids is 1. The molecule has 210 valence electrons. The summed E-state index contributed by atoms with van der Waals surface area (Å²) in [5.41, 5.74) is -1.99. The largest absolute Gasteiger partial charge is 0.385 e. The van der Waals surface area contributed by atoms with E-state index < -0.39 is 29.0 Å². The summed E-state index contributed by atoms with van der Waals surface area (Å²) in [6.45, 7) is 1.88. The molecule has 2 aliphatic rings. The normalized spacial score (nSPS) is 21.5. The van der Waals surface area contributed by atoms with Crippen LogP contribution >= 0.6 is 0 Å². The van der Waals surface area contributed by atoms with Crippen LogP contribution in [-0.2, 0) is 10.3 Å². The molecule has 3 N–H and O–H groups in total. The van der Waals surface area contributed by atoms with Gasteiger partial charge in [-0.3, -0.25) is 0 Å². The van der Waals surface area contributed by atoms with Crippen LogP contribution in [0.15, 0.2) is 12.1 Å². The second kappa shape index (κ2) is 14.4. The molecule has 1 aliphatic heterocycles. The number of likely N-dealkylation sites (tertiary alicyclic amines) is 1. The van der Waals surface area contributed by atoms with Crippen molar-refractivity contribution in [2.45, 2.75) is 82.3 Å². The van der Waals surface area contributed by atoms with Gasteiger partial charge in [0.05, 0.1) is 5.60 Å². The molecular weight excluding hydrogens is 483 g/mol. The van der Waals surface area contributed by atoms with Crippen molar-refractivity contribution in [2.24, 2.45) is 11.8 Å². The van der Waals surface area contributed by atoms with Crippen LogP contribution in [0.5, 0.6) is 0 Å². The lowest BCUT2D eigenvalue weighted by Gasteiger charge is -2.43. The van der Waals surface area contributed by atoms with Gasteiger partial charge in [0.15, 0.2) is 17.5 Å². The Morgan fingerprint density at radius 1 is 1.14 bits per heavy atom. The summed E-state index contributed by atoms with van der Waals surface area (Å²) in [4.78, 5) is 15.0. The highest BCUT2D eigenvalue weighted by Crippen LogP contribution is 2.41. The molecule has 2 fully saturated rings. The quantitative estimate of drug-likeness (QED) is 0.262. The Bertz CT molecular complexity index is 869. The van der Waals surface area contributed by atoms with Gasteiger partial charge in [0.1, 0.15) is 0 Å². The van der Waals surface area contributed by atoms with Crippen LogP contribution < -0.4 is 10.6 Å². The summed E-state index contributed by atoms with van der Waals surface area (Å²) >= 11 is 0. The average molecular weight is 528 g/mol. The number of piperidine rings is 1. The van der Waals surface area contributed by atoms with E-state index in [-0.39, 0.29) is 30.6 Å². The molecule has 6 nitrogen and oxygen atoms in total. The number of amides is 2. The van der Waals surface area contributed by atoms with E-state index in [4.69, 9.17) is 4.74 Å². The molecule has 37 heavy (non-hydrogen) atoms. The number of unbranched alkanes of at least 4 members (excludes halogenated alkanes) is 1. The van der Waals surface area contributed by atoms with Crippen LogP contribution in [-0.4, -0.2) is 62.5 Å². The van der Waals surface area contributed by atoms with E-state index in [0.29, 0.717) is 51.3 Å². The minimum atomic E-state index is -1.74. The molecule has 0 unspecified atom stereocenters. The van der Waals surface area contributed by atoms with Crippen LogP contribution in [0.1, 0.15) is 76.2 Å². The average Bonchev–Trinajstić information content (AvgIpc) is 2.90. The number of halogens is 3. The van der Waals surface area contributed by atoms with Gasteiger partial charge in [-0.2, -0.15) is 0 Å². The molecule has 1 saturated heterocycles. The van der Waals surface area contributed by atoms with E-state index in [0.717, 1.165) is 18.6 Å². The fraction of sp³-hybridized carbons (Fsp3) is 0.750. The molecular formula is C28H44F3N3O3. The number of carbonyl (C=O) groups is 1. The molecule has 0 bridgehead atoms. The van der Waals surface area contributed by atoms with Gasteiger partial charge in [-0.05, 0) is 57.6 Å². The Hall–Kier alpha value is -1.84. The third-order valence-electron chi connectivity index (χ3n) is 8.16. The van der Waals surface area contributed by atoms with Crippen molar-refractivity contribution < 1.29 is 27.8 Å². The summed E-state index contributed by atoms with van der Waals surface area (Å²) < 4.78 is 47.9. The lowest BCUT2D eigenvalue weighted by molar-refractivity contribution is -0.0592. The van der Waals surface area contributed by atoms with Crippen molar-refractivity contribution in [1.82, 2.24) is 15.5 Å². The van der Waals surface area contributed by atoms with E-state index in [1.54, 1.807) is 12.0 Å². The van der Waals surface area contributed by atoms with Crippen LogP contribution in [0.25, 0.3) is 0 Å². The number of methoxy groups -OCH3 is 1. The number of likely N-dealkylation sites (N-methyl/N-ethyl adjacent to an activating group) is 1. The number of ether oxygens (including phenoxy) is 1. The fourth-order valence-corrected chi connectivity index (χ4v) is 6.14. The van der Waals surface area contributed by atoms with Gasteiger partial charge in [0.25, 0.3) is 0 Å². The highest BCUT2D eigenvalue weighted by molar-refractivity contribution is 5.74. The highest BCUT2D eigenvalue weighted by atomic mass is 19.2. The van der Waals surface area contributed by atoms with Crippen molar-refractivity contribution in [3.63, 3.8) is 0 Å². The predicted octanol–water partition coefficient (Wildman–Crippen LogP) is 5.09. The zero-order valence-electron chi connectivity index (χ0n) is 22.3. The second-order valence-corrected chi connectivity index (χ2v) is 10.8. The maximum Gasteiger partial charge on any atom is 0.317 e. The van der Waals surface area contributed by atoms with Gasteiger partial charge in [-0.15, -0.1) is 0 Å². The van der Waals surface area contributed by atoms with Crippen LogP contribution in [0.3, 0.4) is 0 Å². The molecule has 3 atom stereocenters. The van der Waals surface area contributed by atoms with Crippen molar-refractivity contribution in [3.05, 3.63) is 35.1 Å². The Morgan fingerprint density at radius 2 is 1.89 bits per heavy atom. The first-order valence-corrected chi connectivity index (χ1v) is 13.9. The van der Waals surface area contributed by atoms with Crippen LogP contribution in [0.4, 0.5) is 18.0 Å². The van der Waals surface area contributed by atoms with E-state index >= 15 is 0 Å². The van der Waals surface area contributed by atoms with Crippen molar-refractivity contribution in [1.29, 1.82) is 0 Å². The van der Waals surface area contributed by atoms with Crippen molar-refractivity contribution in [3.8, 4) is 0 Å². The number of nitrogens with zero attached hydrogens (tertiary/aromatic N) is 1. The standard InChI is InChI=1S/C28H44F3N3O3/c1-32-18-22(17-20-9-4-3-5-10-20)33-27(35)34-15-8-11-21(19-34)28(36,14-6-7-16-37-2)23-12-13-24(29)26(31)25(23)30/h12-13,20-22,32,36H,3-11,14-19H2,1-2H3,(H,33,35)/t21-,22+,28+/m1/s1. The van der Waals surface area contributed by atoms with Gasteiger partial charge in [-0.25, -0.2) is 18.0 Å². The van der Waals surface area contributed by atoms with E-state index in [9.17, 15) is 23.1 Å². The first-order valence-electron chi connectivity index (χ1n) is 13.9. The van der Waals surface area contributed by atoms with Crippen molar-refractivity contribution >= 4 is 6.03 Å². The summed E-state index contributed by atoms with van der Waals surface area (Å²) in [5, 5.41) is 18.2. The Balaban J connectivity index is 1.74. The number of nitrogens with one attached hydrogen (secondary N) is 2. The number of hydrogen-bond donors (Lipinski definition) is 3. The minimum absolute atomic E-state index is 0.00228. The summed E-state index contributed by atoms with van der Waals surface area (Å²) in [6.07, 6.45) is 9.54. The Kier molecular flexibility index (Phi) is 11.5. The van der Waals surface area contributed by atoms with E-state index in [1.807, 2.05) is 7.05 Å². The number of urea groups is 1. The van der Waals surface area contributed by atoms with Gasteiger partial charge in [-0.1, -0.05) is 38.2 Å². The summed E-state index contributed by atoms with van der Waals surface area (Å²) in [6, 6.07) is 1.79. The topological polar surface area (TPSA) is 73.8 Å². The summed E-state index contributed by atoms with van der Waals surface area (Å²) in [5.74, 6) is -4.15. The molecule has 1 saturated carbocycles. The molecule has 1 aromatic rings. The van der Waals surface area contributed by atoms with E-state index in [2.05, 4.69) is 10.6 Å². The van der Waals surface area contributed by atoms with Crippen LogP contribution in [0, 0.1) is 29.3 Å². The second-order valence-electron chi connectivity index (χ2n) is 10.8. The third-order valence-corrected chi connectivity index (χ3v) is 8.16. The smallest absolute Gasteiger partial charge is 0.317 e. The maximum absolute atomic E-state index is 14.9. The Labute approximate surface area is 219 Å².